The zero-order valence-corrected chi connectivity index (χ0v) is 7.59. The van der Waals surface area contributed by atoms with Crippen LogP contribution in [-0.4, -0.2) is 13.1 Å². The van der Waals surface area contributed by atoms with E-state index in [1.807, 2.05) is 26.1 Å². The van der Waals surface area contributed by atoms with Gasteiger partial charge >= 0.3 is 0 Å². The second-order valence-corrected chi connectivity index (χ2v) is 2.60. The molecule has 0 amide bonds. The molecule has 0 heterocycles. The predicted molar refractivity (Wildman–Crippen MR) is 50.2 cm³/mol. The van der Waals surface area contributed by atoms with Crippen molar-refractivity contribution in [3.8, 4) is 0 Å². The van der Waals surface area contributed by atoms with Crippen LogP contribution in [0.4, 0.5) is 0 Å². The molecule has 1 unspecified atom stereocenters. The fourth-order valence-electron chi connectivity index (χ4n) is 0.778. The zero-order chi connectivity index (χ0) is 8.69. The third-order valence-corrected chi connectivity index (χ3v) is 1.51. The molecule has 3 N–H and O–H groups in total. The second-order valence-electron chi connectivity index (χ2n) is 2.60. The molecule has 0 aliphatic rings. The average molecular weight is 154 g/mol. The van der Waals surface area contributed by atoms with E-state index in [1.165, 1.54) is 0 Å². The van der Waals surface area contributed by atoms with Crippen molar-refractivity contribution in [2.45, 2.75) is 26.3 Å². The second kappa shape index (κ2) is 5.98. The molecule has 0 fully saturated rings. The van der Waals surface area contributed by atoms with Crippen LogP contribution < -0.4 is 11.1 Å². The number of nitrogens with two attached hydrogens (primary N) is 1. The first-order chi connectivity index (χ1) is 5.20. The summed E-state index contributed by atoms with van der Waals surface area (Å²) in [6.45, 7) is 4.02. The Hall–Kier alpha value is -0.760. The summed E-state index contributed by atoms with van der Waals surface area (Å²) in [7, 11) is 1.96. The Morgan fingerprint density at radius 3 is 2.64 bits per heavy atom. The Morgan fingerprint density at radius 1 is 1.64 bits per heavy atom. The highest BCUT2D eigenvalue weighted by molar-refractivity contribution is 5.09. The van der Waals surface area contributed by atoms with E-state index < -0.39 is 0 Å². The van der Waals surface area contributed by atoms with Gasteiger partial charge in [-0.1, -0.05) is 19.1 Å². The molecular weight excluding hydrogens is 136 g/mol. The predicted octanol–water partition coefficient (Wildman–Crippen LogP) is 1.40. The van der Waals surface area contributed by atoms with Crippen LogP contribution in [0.1, 0.15) is 20.3 Å². The third kappa shape index (κ3) is 5.67. The van der Waals surface area contributed by atoms with Crippen LogP contribution in [0.3, 0.4) is 0 Å². The molecule has 0 bridgehead atoms. The van der Waals surface area contributed by atoms with E-state index >= 15 is 0 Å². The van der Waals surface area contributed by atoms with Crippen molar-refractivity contribution in [2.75, 3.05) is 7.05 Å². The van der Waals surface area contributed by atoms with Gasteiger partial charge in [0.05, 0.1) is 0 Å². The first-order valence-corrected chi connectivity index (χ1v) is 3.98. The lowest BCUT2D eigenvalue weighted by atomic mass is 10.2. The summed E-state index contributed by atoms with van der Waals surface area (Å²) in [4.78, 5) is 0. The molecule has 0 radical (unpaired) electrons. The van der Waals surface area contributed by atoms with E-state index in [0.29, 0.717) is 6.04 Å². The summed E-state index contributed by atoms with van der Waals surface area (Å²) in [6.07, 6.45) is 7.10. The molecule has 11 heavy (non-hydrogen) atoms. The maximum absolute atomic E-state index is 5.45. The zero-order valence-electron chi connectivity index (χ0n) is 7.59. The summed E-state index contributed by atoms with van der Waals surface area (Å²) in [5.74, 6) is 0. The molecule has 2 heteroatoms. The van der Waals surface area contributed by atoms with E-state index in [4.69, 9.17) is 5.73 Å². The summed E-state index contributed by atoms with van der Waals surface area (Å²) >= 11 is 0. The number of nitrogens with one attached hydrogen (secondary N) is 1. The third-order valence-electron chi connectivity index (χ3n) is 1.51. The number of rotatable bonds is 4. The number of allylic oxidation sites excluding steroid dienone is 3. The number of hydrogen-bond acceptors (Lipinski definition) is 2. The Balaban J connectivity index is 3.80. The minimum Gasteiger partial charge on any atom is -0.402 e. The highest BCUT2D eigenvalue weighted by Gasteiger charge is 1.92. The van der Waals surface area contributed by atoms with Gasteiger partial charge in [0.15, 0.2) is 0 Å². The van der Waals surface area contributed by atoms with E-state index in [9.17, 15) is 0 Å². The smallest absolute Gasteiger partial charge is 0.0247 e. The Kier molecular flexibility index (Phi) is 5.57. The Labute approximate surface area is 69.2 Å². The lowest BCUT2D eigenvalue weighted by Gasteiger charge is -2.05. The summed E-state index contributed by atoms with van der Waals surface area (Å²) in [5.41, 5.74) is 6.29. The molecule has 0 rings (SSSR count). The topological polar surface area (TPSA) is 38.0 Å². The first-order valence-electron chi connectivity index (χ1n) is 3.98. The van der Waals surface area contributed by atoms with Crippen LogP contribution in [0.5, 0.6) is 0 Å². The van der Waals surface area contributed by atoms with E-state index in [1.54, 1.807) is 0 Å². The lowest BCUT2D eigenvalue weighted by molar-refractivity contribution is 0.647. The average Bonchev–Trinajstić information content (AvgIpc) is 1.98. The van der Waals surface area contributed by atoms with E-state index in [0.717, 1.165) is 12.1 Å². The number of hydrogen-bond donors (Lipinski definition) is 2. The summed E-state index contributed by atoms with van der Waals surface area (Å²) in [6, 6.07) is 0.464. The molecule has 0 aromatic rings. The van der Waals surface area contributed by atoms with Crippen molar-refractivity contribution in [2.24, 2.45) is 5.73 Å². The molecule has 0 aromatic heterocycles. The summed E-state index contributed by atoms with van der Waals surface area (Å²) in [5, 5.41) is 3.17. The van der Waals surface area contributed by atoms with Crippen LogP contribution in [0, 0.1) is 0 Å². The Morgan fingerprint density at radius 2 is 2.27 bits per heavy atom. The molecule has 0 aliphatic carbocycles. The molecule has 0 aromatic carbocycles. The fraction of sp³-hybridized carbons (Fsp3) is 0.556. The van der Waals surface area contributed by atoms with Gasteiger partial charge in [-0.2, -0.15) is 0 Å². The van der Waals surface area contributed by atoms with Gasteiger partial charge in [-0.05, 0) is 26.5 Å². The van der Waals surface area contributed by atoms with Crippen molar-refractivity contribution in [3.05, 3.63) is 23.9 Å². The molecule has 0 saturated carbocycles. The van der Waals surface area contributed by atoms with Gasteiger partial charge in [0.1, 0.15) is 0 Å². The highest BCUT2D eigenvalue weighted by Crippen LogP contribution is 1.92. The van der Waals surface area contributed by atoms with Crippen molar-refractivity contribution < 1.29 is 0 Å². The largest absolute Gasteiger partial charge is 0.402 e. The standard InChI is InChI=1S/C9H18N2/c1-4-9(11-3)7-5-6-8(2)10/h5-7,9,11H,4,10H2,1-3H3/b7-5-,8-6+. The number of likely N-dealkylation sites (N-methyl/N-ethyl adjacent to an activating group) is 1. The minimum atomic E-state index is 0.464. The van der Waals surface area contributed by atoms with E-state index in [2.05, 4.69) is 18.3 Å². The normalized spacial score (nSPS) is 15.7. The van der Waals surface area contributed by atoms with Crippen LogP contribution in [0.15, 0.2) is 23.9 Å². The molecule has 64 valence electrons. The molecule has 2 nitrogen and oxygen atoms in total. The molecule has 0 saturated heterocycles. The van der Waals surface area contributed by atoms with Crippen LogP contribution in [-0.2, 0) is 0 Å². The monoisotopic (exact) mass is 154 g/mol. The maximum atomic E-state index is 5.45. The molecular formula is C9H18N2. The van der Waals surface area contributed by atoms with Gasteiger partial charge in [-0.3, -0.25) is 0 Å². The molecule has 0 spiro atoms. The maximum Gasteiger partial charge on any atom is 0.0247 e. The first kappa shape index (κ1) is 10.2. The van der Waals surface area contributed by atoms with E-state index in [-0.39, 0.29) is 0 Å². The van der Waals surface area contributed by atoms with Crippen molar-refractivity contribution in [1.82, 2.24) is 5.32 Å². The SMILES string of the molecule is CCC(/C=C\C=C(/C)N)NC. The molecule has 0 aliphatic heterocycles. The van der Waals surface area contributed by atoms with Gasteiger partial charge < -0.3 is 11.1 Å². The lowest BCUT2D eigenvalue weighted by Crippen LogP contribution is -2.21. The van der Waals surface area contributed by atoms with Gasteiger partial charge in [0.2, 0.25) is 0 Å². The van der Waals surface area contributed by atoms with Crippen molar-refractivity contribution >= 4 is 0 Å². The van der Waals surface area contributed by atoms with Gasteiger partial charge in [-0.15, -0.1) is 0 Å². The Bertz CT molecular complexity index is 140. The van der Waals surface area contributed by atoms with Gasteiger partial charge in [0.25, 0.3) is 0 Å². The van der Waals surface area contributed by atoms with Crippen LogP contribution in [0.2, 0.25) is 0 Å². The summed E-state index contributed by atoms with van der Waals surface area (Å²) < 4.78 is 0. The minimum absolute atomic E-state index is 0.464. The quantitative estimate of drug-likeness (QED) is 0.601. The van der Waals surface area contributed by atoms with Crippen LogP contribution in [0.25, 0.3) is 0 Å². The van der Waals surface area contributed by atoms with Crippen molar-refractivity contribution in [1.29, 1.82) is 0 Å². The van der Waals surface area contributed by atoms with Crippen molar-refractivity contribution in [3.63, 3.8) is 0 Å². The van der Waals surface area contributed by atoms with Gasteiger partial charge in [0, 0.05) is 11.7 Å². The fourth-order valence-corrected chi connectivity index (χ4v) is 0.778. The van der Waals surface area contributed by atoms with Gasteiger partial charge in [-0.25, -0.2) is 0 Å². The molecule has 1 atom stereocenters. The highest BCUT2D eigenvalue weighted by atomic mass is 14.8. The van der Waals surface area contributed by atoms with Crippen LogP contribution >= 0.6 is 0 Å².